The molecule has 108 valence electrons. The Bertz CT molecular complexity index is 520. The Kier molecular flexibility index (Phi) is 3.85. The van der Waals surface area contributed by atoms with E-state index in [1.165, 1.54) is 25.8 Å². The van der Waals surface area contributed by atoms with Crippen LogP contribution in [0.25, 0.3) is 0 Å². The molecule has 0 spiro atoms. The average molecular weight is 294 g/mol. The lowest BCUT2D eigenvalue weighted by Gasteiger charge is -2.32. The van der Waals surface area contributed by atoms with Crippen LogP contribution in [0.2, 0.25) is 5.02 Å². The first-order chi connectivity index (χ1) is 9.65. The monoisotopic (exact) mass is 293 g/mol. The Labute approximate surface area is 124 Å². The van der Waals surface area contributed by atoms with Gasteiger partial charge in [-0.3, -0.25) is 9.69 Å². The molecule has 3 N–H and O–H groups in total. The molecule has 0 saturated carbocycles. The molecule has 3 rings (SSSR count). The molecule has 1 aromatic rings. The van der Waals surface area contributed by atoms with Gasteiger partial charge in [0.15, 0.2) is 0 Å². The average Bonchev–Trinajstić information content (AvgIpc) is 2.82. The van der Waals surface area contributed by atoms with E-state index in [1.807, 2.05) is 0 Å². The number of hydrogen-bond donors (Lipinski definition) is 2. The molecule has 2 atom stereocenters. The maximum atomic E-state index is 12.4. The van der Waals surface area contributed by atoms with E-state index in [-0.39, 0.29) is 11.9 Å². The largest absolute Gasteiger partial charge is 0.399 e. The van der Waals surface area contributed by atoms with Crippen LogP contribution in [0, 0.1) is 0 Å². The summed E-state index contributed by atoms with van der Waals surface area (Å²) in [4.78, 5) is 14.9. The second-order valence-electron chi connectivity index (χ2n) is 5.71. The van der Waals surface area contributed by atoms with E-state index in [4.69, 9.17) is 17.3 Å². The number of carbonyl (C=O) groups is 1. The number of hydrogen-bond acceptors (Lipinski definition) is 3. The smallest absolute Gasteiger partial charge is 0.253 e. The number of nitrogen functional groups attached to an aromatic ring is 1. The number of nitrogens with one attached hydrogen (secondary N) is 1. The van der Waals surface area contributed by atoms with Gasteiger partial charge in [-0.15, -0.1) is 0 Å². The van der Waals surface area contributed by atoms with Gasteiger partial charge in [-0.1, -0.05) is 18.0 Å². The number of anilines is 1. The zero-order valence-corrected chi connectivity index (χ0v) is 12.2. The molecule has 20 heavy (non-hydrogen) atoms. The van der Waals surface area contributed by atoms with Crippen LogP contribution in [0.1, 0.15) is 36.0 Å². The maximum absolute atomic E-state index is 12.4. The number of carbonyl (C=O) groups excluding carboxylic acids is 1. The summed E-state index contributed by atoms with van der Waals surface area (Å²) in [5.74, 6) is -0.0903. The molecule has 2 heterocycles. The third kappa shape index (κ3) is 2.63. The predicted octanol–water partition coefficient (Wildman–Crippen LogP) is 2.28. The Morgan fingerprint density at radius 3 is 2.95 bits per heavy atom. The Hall–Kier alpha value is -1.26. The van der Waals surface area contributed by atoms with Crippen molar-refractivity contribution in [2.24, 2.45) is 0 Å². The molecule has 1 amide bonds. The molecule has 0 radical (unpaired) electrons. The van der Waals surface area contributed by atoms with E-state index in [2.05, 4.69) is 10.2 Å². The van der Waals surface area contributed by atoms with Crippen LogP contribution >= 0.6 is 11.6 Å². The van der Waals surface area contributed by atoms with Crippen molar-refractivity contribution < 1.29 is 4.79 Å². The maximum Gasteiger partial charge on any atom is 0.253 e. The molecule has 5 heteroatoms. The number of amides is 1. The van der Waals surface area contributed by atoms with E-state index in [9.17, 15) is 4.79 Å². The van der Waals surface area contributed by atoms with Crippen molar-refractivity contribution in [3.05, 3.63) is 28.8 Å². The number of nitrogens with zero attached hydrogens (tertiary/aromatic N) is 1. The van der Waals surface area contributed by atoms with Crippen molar-refractivity contribution in [1.29, 1.82) is 0 Å². The van der Waals surface area contributed by atoms with E-state index < -0.39 is 0 Å². The lowest BCUT2D eigenvalue weighted by atomic mass is 9.99. The molecular weight excluding hydrogens is 274 g/mol. The van der Waals surface area contributed by atoms with Crippen molar-refractivity contribution in [2.45, 2.75) is 37.8 Å². The van der Waals surface area contributed by atoms with Crippen LogP contribution in [-0.2, 0) is 0 Å². The van der Waals surface area contributed by atoms with Crippen molar-refractivity contribution in [1.82, 2.24) is 10.2 Å². The first-order valence-electron chi connectivity index (χ1n) is 7.25. The minimum Gasteiger partial charge on any atom is -0.399 e. The highest BCUT2D eigenvalue weighted by Crippen LogP contribution is 2.28. The molecule has 4 nitrogen and oxygen atoms in total. The van der Waals surface area contributed by atoms with Gasteiger partial charge in [-0.2, -0.15) is 0 Å². The summed E-state index contributed by atoms with van der Waals surface area (Å²) in [6.07, 6.45) is 4.75. The van der Waals surface area contributed by atoms with Gasteiger partial charge in [0.2, 0.25) is 0 Å². The van der Waals surface area contributed by atoms with E-state index in [0.29, 0.717) is 22.3 Å². The van der Waals surface area contributed by atoms with E-state index >= 15 is 0 Å². The summed E-state index contributed by atoms with van der Waals surface area (Å²) in [6, 6.07) is 5.78. The zero-order chi connectivity index (χ0) is 14.1. The second-order valence-corrected chi connectivity index (χ2v) is 6.11. The van der Waals surface area contributed by atoms with Crippen molar-refractivity contribution in [3.8, 4) is 0 Å². The Balaban J connectivity index is 1.69. The summed E-state index contributed by atoms with van der Waals surface area (Å²) in [6.45, 7) is 2.25. The number of nitrogens with two attached hydrogens (primary N) is 1. The molecule has 2 aliphatic heterocycles. The predicted molar refractivity (Wildman–Crippen MR) is 80.9 cm³/mol. The molecule has 2 saturated heterocycles. The normalized spacial score (nSPS) is 26.2. The minimum atomic E-state index is -0.0903. The number of halogens is 1. The molecule has 1 aromatic carbocycles. The molecule has 2 unspecified atom stereocenters. The fourth-order valence-corrected chi connectivity index (χ4v) is 3.65. The van der Waals surface area contributed by atoms with Crippen LogP contribution in [0.5, 0.6) is 0 Å². The van der Waals surface area contributed by atoms with Gasteiger partial charge in [-0.05, 0) is 44.0 Å². The van der Waals surface area contributed by atoms with Crippen molar-refractivity contribution in [3.63, 3.8) is 0 Å². The Morgan fingerprint density at radius 1 is 1.30 bits per heavy atom. The highest BCUT2D eigenvalue weighted by molar-refractivity contribution is 6.34. The third-order valence-corrected chi connectivity index (χ3v) is 4.72. The lowest BCUT2D eigenvalue weighted by molar-refractivity contribution is 0.0915. The van der Waals surface area contributed by atoms with Crippen molar-refractivity contribution in [2.75, 3.05) is 18.8 Å². The number of piperidine rings is 1. The molecule has 0 aromatic heterocycles. The van der Waals surface area contributed by atoms with E-state index in [1.54, 1.807) is 18.2 Å². The van der Waals surface area contributed by atoms with Gasteiger partial charge in [0.1, 0.15) is 0 Å². The summed E-state index contributed by atoms with van der Waals surface area (Å²) < 4.78 is 0. The first-order valence-corrected chi connectivity index (χ1v) is 7.63. The quantitative estimate of drug-likeness (QED) is 0.823. The van der Waals surface area contributed by atoms with Crippen LogP contribution in [-0.4, -0.2) is 36.0 Å². The van der Waals surface area contributed by atoms with Crippen LogP contribution in [0.15, 0.2) is 18.2 Å². The standard InChI is InChI=1S/C15H20ClN3O/c16-12-9-10(17)4-5-11(12)15(20)18-13-6-8-19-7-2-1-3-14(13)19/h4-5,9,13-14H,1-3,6-8,17H2,(H,18,20). The first kappa shape index (κ1) is 13.7. The van der Waals surface area contributed by atoms with E-state index in [0.717, 1.165) is 13.0 Å². The van der Waals surface area contributed by atoms with Crippen molar-refractivity contribution >= 4 is 23.2 Å². The summed E-state index contributed by atoms with van der Waals surface area (Å²) >= 11 is 6.10. The fourth-order valence-electron chi connectivity index (χ4n) is 3.38. The van der Waals surface area contributed by atoms with Crippen LogP contribution < -0.4 is 11.1 Å². The third-order valence-electron chi connectivity index (χ3n) is 4.41. The highest BCUT2D eigenvalue weighted by atomic mass is 35.5. The Morgan fingerprint density at radius 2 is 2.15 bits per heavy atom. The summed E-state index contributed by atoms with van der Waals surface area (Å²) in [5, 5.41) is 3.57. The molecule has 2 fully saturated rings. The molecule has 2 aliphatic rings. The molecule has 0 bridgehead atoms. The van der Waals surface area contributed by atoms with Gasteiger partial charge in [0.25, 0.3) is 5.91 Å². The summed E-state index contributed by atoms with van der Waals surface area (Å²) in [5.41, 5.74) is 6.74. The fraction of sp³-hybridized carbons (Fsp3) is 0.533. The van der Waals surface area contributed by atoms with Gasteiger partial charge in [0, 0.05) is 24.3 Å². The highest BCUT2D eigenvalue weighted by Gasteiger charge is 2.36. The van der Waals surface area contributed by atoms with Gasteiger partial charge >= 0.3 is 0 Å². The van der Waals surface area contributed by atoms with Gasteiger partial charge in [0.05, 0.1) is 10.6 Å². The number of fused-ring (bicyclic) bond motifs is 1. The van der Waals surface area contributed by atoms with Gasteiger partial charge in [-0.25, -0.2) is 0 Å². The molecule has 0 aliphatic carbocycles. The number of benzene rings is 1. The minimum absolute atomic E-state index is 0.0903. The molecular formula is C15H20ClN3O. The SMILES string of the molecule is Nc1ccc(C(=O)NC2CCN3CCCCC23)c(Cl)c1. The summed E-state index contributed by atoms with van der Waals surface area (Å²) in [7, 11) is 0. The zero-order valence-electron chi connectivity index (χ0n) is 11.4. The van der Waals surface area contributed by atoms with Crippen LogP contribution in [0.3, 0.4) is 0 Å². The topological polar surface area (TPSA) is 58.4 Å². The van der Waals surface area contributed by atoms with Gasteiger partial charge < -0.3 is 11.1 Å². The lowest BCUT2D eigenvalue weighted by Crippen LogP contribution is -2.46. The number of rotatable bonds is 2. The second kappa shape index (κ2) is 5.62. The van der Waals surface area contributed by atoms with Crippen LogP contribution in [0.4, 0.5) is 5.69 Å².